The zero-order valence-electron chi connectivity index (χ0n) is 14.1. The lowest BCUT2D eigenvalue weighted by Crippen LogP contribution is -2.48. The van der Waals surface area contributed by atoms with Crippen molar-refractivity contribution in [1.82, 2.24) is 20.0 Å². The Kier molecular flexibility index (Phi) is 6.01. The first-order valence-electron chi connectivity index (χ1n) is 8.83. The summed E-state index contributed by atoms with van der Waals surface area (Å²) in [5.74, 6) is 0.0508. The van der Waals surface area contributed by atoms with E-state index >= 15 is 0 Å². The number of hydrogen-bond donors (Lipinski definition) is 1. The Balaban J connectivity index is 1.38. The fourth-order valence-corrected chi connectivity index (χ4v) is 3.34. The molecule has 0 unspecified atom stereocenters. The van der Waals surface area contributed by atoms with Crippen molar-refractivity contribution < 1.29 is 4.79 Å². The van der Waals surface area contributed by atoms with Crippen LogP contribution in [0.25, 0.3) is 0 Å². The molecule has 1 amide bonds. The Morgan fingerprint density at radius 2 is 2.12 bits per heavy atom. The van der Waals surface area contributed by atoms with E-state index in [-0.39, 0.29) is 11.9 Å². The molecule has 24 heavy (non-hydrogen) atoms. The second kappa shape index (κ2) is 8.64. The van der Waals surface area contributed by atoms with Crippen LogP contribution >= 0.6 is 0 Å². The third-order valence-corrected chi connectivity index (χ3v) is 4.52. The highest BCUT2D eigenvalue weighted by molar-refractivity contribution is 5.75. The number of piperidine rings is 1. The van der Waals surface area contributed by atoms with Crippen LogP contribution in [0, 0.1) is 0 Å². The van der Waals surface area contributed by atoms with Crippen LogP contribution in [-0.4, -0.2) is 46.3 Å². The van der Waals surface area contributed by atoms with E-state index in [2.05, 4.69) is 45.6 Å². The van der Waals surface area contributed by atoms with Gasteiger partial charge in [-0.2, -0.15) is 5.10 Å². The van der Waals surface area contributed by atoms with Gasteiger partial charge in [-0.1, -0.05) is 30.3 Å². The molecular weight excluding hydrogens is 300 g/mol. The van der Waals surface area contributed by atoms with Gasteiger partial charge in [-0.3, -0.25) is 9.48 Å². The van der Waals surface area contributed by atoms with E-state index in [1.54, 1.807) is 10.9 Å². The second-order valence-electron chi connectivity index (χ2n) is 6.50. The van der Waals surface area contributed by atoms with Crippen LogP contribution in [0.3, 0.4) is 0 Å². The number of nitrogens with zero attached hydrogens (tertiary/aromatic N) is 3. The zero-order valence-corrected chi connectivity index (χ0v) is 14.1. The lowest BCUT2D eigenvalue weighted by Gasteiger charge is -2.33. The molecule has 1 atom stereocenters. The summed E-state index contributed by atoms with van der Waals surface area (Å²) in [7, 11) is 0. The number of benzene rings is 1. The summed E-state index contributed by atoms with van der Waals surface area (Å²) in [6, 6.07) is 12.7. The van der Waals surface area contributed by atoms with Gasteiger partial charge < -0.3 is 10.2 Å². The van der Waals surface area contributed by atoms with E-state index in [4.69, 9.17) is 0 Å². The maximum absolute atomic E-state index is 12.1. The third-order valence-electron chi connectivity index (χ3n) is 4.52. The van der Waals surface area contributed by atoms with Crippen molar-refractivity contribution in [3.63, 3.8) is 0 Å². The van der Waals surface area contributed by atoms with E-state index in [1.165, 1.54) is 5.56 Å². The molecule has 0 bridgehead atoms. The minimum Gasteiger partial charge on any atom is -0.350 e. The first-order valence-corrected chi connectivity index (χ1v) is 8.83. The largest absolute Gasteiger partial charge is 0.350 e. The molecule has 3 rings (SSSR count). The average molecular weight is 326 g/mol. The maximum Gasteiger partial charge on any atom is 0.241 e. The summed E-state index contributed by atoms with van der Waals surface area (Å²) in [4.78, 5) is 14.6. The highest BCUT2D eigenvalue weighted by Crippen LogP contribution is 2.12. The third kappa shape index (κ3) is 5.20. The van der Waals surface area contributed by atoms with E-state index in [9.17, 15) is 4.79 Å². The number of rotatable bonds is 7. The van der Waals surface area contributed by atoms with Crippen molar-refractivity contribution in [2.45, 2.75) is 38.3 Å². The molecule has 1 aliphatic rings. The smallest absolute Gasteiger partial charge is 0.241 e. The van der Waals surface area contributed by atoms with Gasteiger partial charge in [-0.05, 0) is 50.4 Å². The minimum absolute atomic E-state index is 0.0508. The molecule has 2 aromatic rings. The van der Waals surface area contributed by atoms with Gasteiger partial charge in [0.2, 0.25) is 5.91 Å². The van der Waals surface area contributed by atoms with Gasteiger partial charge in [0.15, 0.2) is 0 Å². The summed E-state index contributed by atoms with van der Waals surface area (Å²) >= 11 is 0. The lowest BCUT2D eigenvalue weighted by atomic mass is 10.0. The Morgan fingerprint density at radius 1 is 1.25 bits per heavy atom. The summed E-state index contributed by atoms with van der Waals surface area (Å²) in [6.45, 7) is 3.50. The van der Waals surface area contributed by atoms with Crippen molar-refractivity contribution in [2.24, 2.45) is 0 Å². The minimum atomic E-state index is 0.0508. The molecule has 5 heteroatoms. The SMILES string of the molecule is O=C(Cn1cccn1)N[C@@H]1CCCN(CCCc2ccccc2)C1. The first-order chi connectivity index (χ1) is 11.8. The fraction of sp³-hybridized carbons (Fsp3) is 0.474. The van der Waals surface area contributed by atoms with Crippen molar-refractivity contribution in [3.8, 4) is 0 Å². The number of carbonyl (C=O) groups is 1. The van der Waals surface area contributed by atoms with Crippen molar-refractivity contribution in [3.05, 3.63) is 54.4 Å². The Bertz CT molecular complexity index is 612. The van der Waals surface area contributed by atoms with Crippen LogP contribution < -0.4 is 5.32 Å². The number of aromatic nitrogens is 2. The van der Waals surface area contributed by atoms with E-state index < -0.39 is 0 Å². The van der Waals surface area contributed by atoms with Crippen molar-refractivity contribution in [2.75, 3.05) is 19.6 Å². The van der Waals surface area contributed by atoms with Gasteiger partial charge >= 0.3 is 0 Å². The van der Waals surface area contributed by atoms with Crippen LogP contribution in [0.2, 0.25) is 0 Å². The molecule has 2 heterocycles. The highest BCUT2D eigenvalue weighted by atomic mass is 16.2. The zero-order chi connectivity index (χ0) is 16.6. The molecule has 1 aliphatic heterocycles. The lowest BCUT2D eigenvalue weighted by molar-refractivity contribution is -0.122. The number of nitrogens with one attached hydrogen (secondary N) is 1. The molecule has 0 aliphatic carbocycles. The molecule has 0 saturated carbocycles. The number of hydrogen-bond acceptors (Lipinski definition) is 3. The van der Waals surface area contributed by atoms with Crippen LogP contribution in [0.5, 0.6) is 0 Å². The molecular formula is C19H26N4O. The molecule has 1 saturated heterocycles. The Morgan fingerprint density at radius 3 is 2.92 bits per heavy atom. The second-order valence-corrected chi connectivity index (χ2v) is 6.50. The van der Waals surface area contributed by atoms with Crippen molar-refractivity contribution in [1.29, 1.82) is 0 Å². The number of likely N-dealkylation sites (tertiary alicyclic amines) is 1. The normalized spacial score (nSPS) is 18.4. The van der Waals surface area contributed by atoms with Crippen LogP contribution in [0.1, 0.15) is 24.8 Å². The summed E-state index contributed by atoms with van der Waals surface area (Å²) in [5, 5.41) is 7.23. The van der Waals surface area contributed by atoms with Crippen LogP contribution in [-0.2, 0) is 17.8 Å². The van der Waals surface area contributed by atoms with Crippen LogP contribution in [0.15, 0.2) is 48.8 Å². The molecule has 5 nitrogen and oxygen atoms in total. The predicted octanol–water partition coefficient (Wildman–Crippen LogP) is 2.10. The van der Waals surface area contributed by atoms with E-state index in [1.807, 2.05) is 12.3 Å². The maximum atomic E-state index is 12.1. The predicted molar refractivity (Wildman–Crippen MR) is 94.6 cm³/mol. The monoisotopic (exact) mass is 326 g/mol. The summed E-state index contributed by atoms with van der Waals surface area (Å²) in [5.41, 5.74) is 1.40. The van der Waals surface area contributed by atoms with Gasteiger partial charge in [-0.15, -0.1) is 0 Å². The standard InChI is InChI=1S/C19H26N4O/c24-19(16-23-14-6-11-20-23)21-18-10-5-13-22(15-18)12-4-9-17-7-2-1-3-8-17/h1-3,6-8,11,14,18H,4-5,9-10,12-13,15-16H2,(H,21,24)/t18-/m1/s1. The van der Waals surface area contributed by atoms with Crippen molar-refractivity contribution >= 4 is 5.91 Å². The number of aryl methyl sites for hydroxylation is 1. The Hall–Kier alpha value is -2.14. The molecule has 1 N–H and O–H groups in total. The van der Waals surface area contributed by atoms with Gasteiger partial charge in [0.1, 0.15) is 6.54 Å². The Labute approximate surface area is 143 Å². The molecule has 1 fully saturated rings. The summed E-state index contributed by atoms with van der Waals surface area (Å²) in [6.07, 6.45) is 8.02. The highest BCUT2D eigenvalue weighted by Gasteiger charge is 2.21. The number of amides is 1. The van der Waals surface area contributed by atoms with E-state index in [0.29, 0.717) is 6.54 Å². The first kappa shape index (κ1) is 16.7. The van der Waals surface area contributed by atoms with E-state index in [0.717, 1.165) is 45.3 Å². The molecule has 0 spiro atoms. The number of carbonyl (C=O) groups excluding carboxylic acids is 1. The van der Waals surface area contributed by atoms with Gasteiger partial charge in [0, 0.05) is 25.0 Å². The quantitative estimate of drug-likeness (QED) is 0.848. The van der Waals surface area contributed by atoms with Gasteiger partial charge in [0.25, 0.3) is 0 Å². The van der Waals surface area contributed by atoms with Gasteiger partial charge in [0.05, 0.1) is 0 Å². The fourth-order valence-electron chi connectivity index (χ4n) is 3.34. The van der Waals surface area contributed by atoms with Gasteiger partial charge in [-0.25, -0.2) is 0 Å². The molecule has 1 aromatic carbocycles. The average Bonchev–Trinajstić information content (AvgIpc) is 3.09. The topological polar surface area (TPSA) is 50.2 Å². The summed E-state index contributed by atoms with van der Waals surface area (Å²) < 4.78 is 1.66. The molecule has 0 radical (unpaired) electrons. The molecule has 1 aromatic heterocycles. The van der Waals surface area contributed by atoms with Crippen LogP contribution in [0.4, 0.5) is 0 Å². The molecule has 128 valence electrons.